The van der Waals surface area contributed by atoms with Crippen LogP contribution < -0.4 is 14.6 Å². The number of hydrogen-bond acceptors (Lipinski definition) is 10. The van der Waals surface area contributed by atoms with Crippen LogP contribution in [0, 0.1) is 10.1 Å². The highest BCUT2D eigenvalue weighted by atomic mass is 32.2. The zero-order valence-corrected chi connectivity index (χ0v) is 17.9. The van der Waals surface area contributed by atoms with Gasteiger partial charge in [-0.15, -0.1) is 0 Å². The number of benzene rings is 2. The number of nitro benzene ring substituents is 1. The quantitative estimate of drug-likeness (QED) is 0.146. The molecule has 3 rings (SSSR count). The Morgan fingerprint density at radius 2 is 1.88 bits per heavy atom. The first-order valence-electron chi connectivity index (χ1n) is 8.79. The van der Waals surface area contributed by atoms with Crippen molar-refractivity contribution >= 4 is 57.9 Å². The average Bonchev–Trinajstić information content (AvgIpc) is 3.01. The number of thiocarbonyl (C=S) groups is 1. The maximum absolute atomic E-state index is 12.4. The number of rotatable bonds is 7. The molecule has 0 saturated carbocycles. The number of ether oxygens (including phenoxy) is 2. The third-order valence-corrected chi connectivity index (χ3v) is 5.54. The molecule has 1 aliphatic heterocycles. The van der Waals surface area contributed by atoms with E-state index in [1.54, 1.807) is 6.07 Å². The molecule has 0 radical (unpaired) electrons. The van der Waals surface area contributed by atoms with Crippen LogP contribution in [-0.4, -0.2) is 45.6 Å². The van der Waals surface area contributed by atoms with Gasteiger partial charge in [0.2, 0.25) is 0 Å². The molecule has 0 aliphatic carbocycles. The molecule has 1 aliphatic rings. The zero-order chi connectivity index (χ0) is 23.4. The molecule has 1 fully saturated rings. The maximum atomic E-state index is 12.4. The van der Waals surface area contributed by atoms with Gasteiger partial charge in [-0.3, -0.25) is 19.8 Å². The van der Waals surface area contributed by atoms with Crippen LogP contribution in [0.4, 0.5) is 5.69 Å². The number of nitro groups is 1. The molecule has 1 amide bonds. The Hall–Kier alpha value is -3.77. The Labute approximate surface area is 190 Å². The molecule has 0 unspecified atom stereocenters. The monoisotopic (exact) mass is 473 g/mol. The molecular weight excluding hydrogens is 460 g/mol. The predicted octanol–water partition coefficient (Wildman–Crippen LogP) is 1.77. The van der Waals surface area contributed by atoms with Gasteiger partial charge in [-0.2, -0.15) is 0 Å². The van der Waals surface area contributed by atoms with Crippen LogP contribution in [0.3, 0.4) is 0 Å². The standard InChI is InChI=1S/C20H14N2O8S2/c1-29-15-8-11(9-16-18(25)21(10-17(23)24)20(31)32-16)2-7-14(15)30-19(26)12-3-5-13(6-4-12)22(27)28/h2-9H,10H2,1H3,(H,23,24)/p-1/b16-9-. The van der Waals surface area contributed by atoms with Crippen molar-refractivity contribution in [2.75, 3.05) is 13.7 Å². The lowest BCUT2D eigenvalue weighted by atomic mass is 10.1. The number of esters is 1. The fourth-order valence-corrected chi connectivity index (χ4v) is 3.91. The summed E-state index contributed by atoms with van der Waals surface area (Å²) < 4.78 is 10.7. The van der Waals surface area contributed by atoms with Crippen molar-refractivity contribution in [3.63, 3.8) is 0 Å². The number of carbonyl (C=O) groups is 3. The van der Waals surface area contributed by atoms with E-state index >= 15 is 0 Å². The van der Waals surface area contributed by atoms with E-state index < -0.39 is 29.3 Å². The lowest BCUT2D eigenvalue weighted by Gasteiger charge is -2.14. The summed E-state index contributed by atoms with van der Waals surface area (Å²) in [6.45, 7) is -0.636. The van der Waals surface area contributed by atoms with Crippen LogP contribution in [0.25, 0.3) is 6.08 Å². The molecule has 1 heterocycles. The topological polar surface area (TPSA) is 139 Å². The first-order valence-corrected chi connectivity index (χ1v) is 10.0. The molecule has 32 heavy (non-hydrogen) atoms. The second-order valence-corrected chi connectivity index (χ2v) is 7.92. The molecule has 0 bridgehead atoms. The van der Waals surface area contributed by atoms with E-state index in [1.165, 1.54) is 49.6 Å². The van der Waals surface area contributed by atoms with Crippen molar-refractivity contribution in [2.24, 2.45) is 0 Å². The predicted molar refractivity (Wildman–Crippen MR) is 116 cm³/mol. The van der Waals surface area contributed by atoms with Crippen LogP contribution in [0.15, 0.2) is 47.4 Å². The number of thioether (sulfide) groups is 1. The van der Waals surface area contributed by atoms with Gasteiger partial charge in [0.25, 0.3) is 11.6 Å². The highest BCUT2D eigenvalue weighted by Crippen LogP contribution is 2.34. The number of non-ortho nitro benzene ring substituents is 1. The Morgan fingerprint density at radius 3 is 2.47 bits per heavy atom. The molecule has 2 aromatic carbocycles. The van der Waals surface area contributed by atoms with E-state index in [9.17, 15) is 29.6 Å². The summed E-state index contributed by atoms with van der Waals surface area (Å²) >= 11 is 5.98. The number of carboxylic acid groups (broad SMARTS) is 1. The molecule has 0 spiro atoms. The summed E-state index contributed by atoms with van der Waals surface area (Å²) in [5, 5.41) is 21.5. The van der Waals surface area contributed by atoms with E-state index in [0.29, 0.717) is 5.56 Å². The van der Waals surface area contributed by atoms with Gasteiger partial charge in [-0.05, 0) is 35.9 Å². The van der Waals surface area contributed by atoms with Crippen LogP contribution in [0.5, 0.6) is 11.5 Å². The maximum Gasteiger partial charge on any atom is 0.343 e. The first-order chi connectivity index (χ1) is 15.2. The van der Waals surface area contributed by atoms with Gasteiger partial charge in [0, 0.05) is 12.1 Å². The van der Waals surface area contributed by atoms with E-state index in [-0.39, 0.29) is 32.0 Å². The Morgan fingerprint density at radius 1 is 1.19 bits per heavy atom. The van der Waals surface area contributed by atoms with E-state index in [2.05, 4.69) is 0 Å². The van der Waals surface area contributed by atoms with Crippen LogP contribution in [-0.2, 0) is 9.59 Å². The van der Waals surface area contributed by atoms with E-state index in [0.717, 1.165) is 16.7 Å². The number of amides is 1. The summed E-state index contributed by atoms with van der Waals surface area (Å²) in [5.74, 6) is -2.44. The van der Waals surface area contributed by atoms with Crippen molar-refractivity contribution in [3.05, 3.63) is 68.6 Å². The summed E-state index contributed by atoms with van der Waals surface area (Å²) in [6.07, 6.45) is 1.50. The number of hydrogen-bond donors (Lipinski definition) is 0. The fourth-order valence-electron chi connectivity index (χ4n) is 2.65. The number of aliphatic carboxylic acids is 1. The molecule has 12 heteroatoms. The summed E-state index contributed by atoms with van der Waals surface area (Å²) in [5.41, 5.74) is 0.470. The molecule has 0 N–H and O–H groups in total. The Bertz CT molecular complexity index is 1160. The van der Waals surface area contributed by atoms with Gasteiger partial charge in [0.05, 0.1) is 35.0 Å². The van der Waals surface area contributed by atoms with Crippen LogP contribution >= 0.6 is 24.0 Å². The number of methoxy groups -OCH3 is 1. The minimum Gasteiger partial charge on any atom is -0.548 e. The third-order valence-electron chi connectivity index (χ3n) is 4.16. The lowest BCUT2D eigenvalue weighted by Crippen LogP contribution is -2.40. The molecule has 164 valence electrons. The number of carbonyl (C=O) groups excluding carboxylic acids is 3. The summed E-state index contributed by atoms with van der Waals surface area (Å²) in [7, 11) is 1.36. The Balaban J connectivity index is 1.79. The van der Waals surface area contributed by atoms with Gasteiger partial charge in [0.1, 0.15) is 4.32 Å². The van der Waals surface area contributed by atoms with Crippen LogP contribution in [0.2, 0.25) is 0 Å². The van der Waals surface area contributed by atoms with Gasteiger partial charge in [-0.25, -0.2) is 4.79 Å². The van der Waals surface area contributed by atoms with Gasteiger partial charge in [0.15, 0.2) is 11.5 Å². The van der Waals surface area contributed by atoms with Crippen molar-refractivity contribution in [3.8, 4) is 11.5 Å². The molecule has 0 atom stereocenters. The first kappa shape index (κ1) is 22.9. The van der Waals surface area contributed by atoms with Crippen molar-refractivity contribution in [1.82, 2.24) is 4.90 Å². The van der Waals surface area contributed by atoms with Crippen molar-refractivity contribution < 1.29 is 33.9 Å². The fraction of sp³-hybridized carbons (Fsp3) is 0.100. The molecule has 10 nitrogen and oxygen atoms in total. The highest BCUT2D eigenvalue weighted by molar-refractivity contribution is 8.26. The second-order valence-electron chi connectivity index (χ2n) is 6.24. The third kappa shape index (κ3) is 5.10. The molecule has 1 saturated heterocycles. The van der Waals surface area contributed by atoms with Crippen LogP contribution in [0.1, 0.15) is 15.9 Å². The SMILES string of the molecule is COc1cc(/C=C2\SC(=S)N(CC(=O)[O-])C2=O)ccc1OC(=O)c1ccc([N+](=O)[O-])cc1. The summed E-state index contributed by atoms with van der Waals surface area (Å²) in [4.78, 5) is 46.8. The zero-order valence-electron chi connectivity index (χ0n) is 16.3. The molecule has 2 aromatic rings. The largest absolute Gasteiger partial charge is 0.548 e. The van der Waals surface area contributed by atoms with E-state index in [4.69, 9.17) is 21.7 Å². The van der Waals surface area contributed by atoms with Crippen molar-refractivity contribution in [1.29, 1.82) is 0 Å². The summed E-state index contributed by atoms with van der Waals surface area (Å²) in [6, 6.07) is 9.46. The molecular formula is C20H13N2O8S2-. The van der Waals surface area contributed by atoms with Crippen molar-refractivity contribution in [2.45, 2.75) is 0 Å². The molecule has 0 aromatic heterocycles. The minimum absolute atomic E-state index is 0.0949. The van der Waals surface area contributed by atoms with Gasteiger partial charge < -0.3 is 19.4 Å². The van der Waals surface area contributed by atoms with E-state index in [1.807, 2.05) is 0 Å². The normalized spacial score (nSPS) is 14.5. The van der Waals surface area contributed by atoms with Gasteiger partial charge >= 0.3 is 5.97 Å². The lowest BCUT2D eigenvalue weighted by molar-refractivity contribution is -0.384. The van der Waals surface area contributed by atoms with Gasteiger partial charge in [-0.1, -0.05) is 30.0 Å². The number of carboxylic acids is 1. The Kier molecular flexibility index (Phi) is 6.85. The second kappa shape index (κ2) is 9.58. The smallest absolute Gasteiger partial charge is 0.343 e. The minimum atomic E-state index is -1.43. The highest BCUT2D eigenvalue weighted by Gasteiger charge is 2.32. The number of nitrogens with zero attached hydrogens (tertiary/aromatic N) is 2. The average molecular weight is 473 g/mol.